The lowest BCUT2D eigenvalue weighted by Gasteiger charge is -2.20. The summed E-state index contributed by atoms with van der Waals surface area (Å²) in [6, 6.07) is 5.83. The molecule has 0 aliphatic rings. The molecule has 5 heteroatoms. The first-order valence-electron chi connectivity index (χ1n) is 7.15. The van der Waals surface area contributed by atoms with E-state index in [0.717, 1.165) is 35.9 Å². The van der Waals surface area contributed by atoms with Gasteiger partial charge in [-0.1, -0.05) is 6.92 Å². The maximum absolute atomic E-state index is 5.51. The predicted molar refractivity (Wildman–Crippen MR) is 83.0 cm³/mol. The summed E-state index contributed by atoms with van der Waals surface area (Å²) in [4.78, 5) is 4.51. The van der Waals surface area contributed by atoms with E-state index in [9.17, 15) is 0 Å². The molecule has 0 spiro atoms. The van der Waals surface area contributed by atoms with Crippen LogP contribution in [0.1, 0.15) is 30.8 Å². The Morgan fingerprint density at radius 1 is 1.29 bits per heavy atom. The Hall–Kier alpha value is -2.01. The second kappa shape index (κ2) is 7.13. The summed E-state index contributed by atoms with van der Waals surface area (Å²) in [5.41, 5.74) is 1.05. The molecule has 2 aromatic rings. The van der Waals surface area contributed by atoms with Gasteiger partial charge >= 0.3 is 0 Å². The summed E-state index contributed by atoms with van der Waals surface area (Å²) in [6.07, 6.45) is 4.92. The number of nitrogens with one attached hydrogen (secondary N) is 1. The number of hydrogen-bond donors (Lipinski definition) is 1. The van der Waals surface area contributed by atoms with Crippen LogP contribution >= 0.6 is 0 Å². The summed E-state index contributed by atoms with van der Waals surface area (Å²) in [6.45, 7) is 3.11. The van der Waals surface area contributed by atoms with Crippen molar-refractivity contribution in [3.8, 4) is 11.5 Å². The number of methoxy groups -OCH3 is 2. The smallest absolute Gasteiger partial charge is 0.130 e. The fourth-order valence-corrected chi connectivity index (χ4v) is 2.49. The molecule has 0 radical (unpaired) electrons. The molecule has 0 saturated heterocycles. The van der Waals surface area contributed by atoms with Crippen LogP contribution in [-0.4, -0.2) is 30.8 Å². The lowest BCUT2D eigenvalue weighted by molar-refractivity contribution is 0.387. The zero-order valence-corrected chi connectivity index (χ0v) is 13.1. The van der Waals surface area contributed by atoms with Crippen LogP contribution in [0.4, 0.5) is 0 Å². The van der Waals surface area contributed by atoms with E-state index in [1.54, 1.807) is 14.2 Å². The van der Waals surface area contributed by atoms with E-state index in [-0.39, 0.29) is 6.04 Å². The van der Waals surface area contributed by atoms with Gasteiger partial charge in [-0.15, -0.1) is 0 Å². The maximum Gasteiger partial charge on any atom is 0.130 e. The number of nitrogens with zero attached hydrogens (tertiary/aromatic N) is 2. The summed E-state index contributed by atoms with van der Waals surface area (Å²) in [5.74, 6) is 2.56. The molecule has 0 fully saturated rings. The molecule has 0 bridgehead atoms. The van der Waals surface area contributed by atoms with Crippen molar-refractivity contribution in [1.29, 1.82) is 0 Å². The van der Waals surface area contributed by atoms with Crippen LogP contribution in [0, 0.1) is 0 Å². The highest BCUT2D eigenvalue weighted by Gasteiger charge is 2.21. The molecule has 1 heterocycles. The number of benzene rings is 1. The van der Waals surface area contributed by atoms with E-state index in [4.69, 9.17) is 9.47 Å². The molecule has 1 unspecified atom stereocenters. The van der Waals surface area contributed by atoms with Crippen LogP contribution in [0.2, 0.25) is 0 Å². The van der Waals surface area contributed by atoms with Crippen LogP contribution in [0.3, 0.4) is 0 Å². The van der Waals surface area contributed by atoms with Gasteiger partial charge in [-0.2, -0.15) is 0 Å². The summed E-state index contributed by atoms with van der Waals surface area (Å²) >= 11 is 0. The summed E-state index contributed by atoms with van der Waals surface area (Å²) in [7, 11) is 5.25. The average molecular weight is 289 g/mol. The normalized spacial score (nSPS) is 12.2. The van der Waals surface area contributed by atoms with Gasteiger partial charge in [0.25, 0.3) is 0 Å². The van der Waals surface area contributed by atoms with Gasteiger partial charge in [-0.3, -0.25) is 0 Å². The summed E-state index contributed by atoms with van der Waals surface area (Å²) < 4.78 is 12.9. The van der Waals surface area contributed by atoms with Crippen molar-refractivity contribution in [2.75, 3.05) is 21.3 Å². The minimum atomic E-state index is -0.0209. The fourth-order valence-electron chi connectivity index (χ4n) is 2.49. The molecular formula is C16H23N3O2. The molecule has 21 heavy (non-hydrogen) atoms. The third-order valence-electron chi connectivity index (χ3n) is 3.51. The molecule has 0 saturated carbocycles. The third kappa shape index (κ3) is 3.19. The van der Waals surface area contributed by atoms with E-state index in [2.05, 4.69) is 21.8 Å². The highest BCUT2D eigenvalue weighted by atomic mass is 16.5. The minimum absolute atomic E-state index is 0.0209. The number of rotatable bonds is 7. The second-order valence-corrected chi connectivity index (χ2v) is 4.81. The standard InChI is InChI=1S/C16H23N3O2/c1-5-9-19-10-8-18-16(19)15(17-2)13-7-6-12(20-3)11-14(13)21-4/h6-8,10-11,15,17H,5,9H2,1-4H3. The topological polar surface area (TPSA) is 48.3 Å². The van der Waals surface area contributed by atoms with Crippen LogP contribution in [-0.2, 0) is 6.54 Å². The van der Waals surface area contributed by atoms with Gasteiger partial charge in [-0.25, -0.2) is 4.98 Å². The Balaban J connectivity index is 2.43. The first-order valence-corrected chi connectivity index (χ1v) is 7.15. The molecule has 5 nitrogen and oxygen atoms in total. The molecule has 0 aliphatic heterocycles. The molecule has 2 rings (SSSR count). The SMILES string of the molecule is CCCn1ccnc1C(NC)c1ccc(OC)cc1OC. The zero-order valence-electron chi connectivity index (χ0n) is 13.1. The fraction of sp³-hybridized carbons (Fsp3) is 0.438. The van der Waals surface area contributed by atoms with Gasteiger partial charge in [0.15, 0.2) is 0 Å². The van der Waals surface area contributed by atoms with Gasteiger partial charge < -0.3 is 19.4 Å². The molecule has 0 amide bonds. The number of ether oxygens (including phenoxy) is 2. The third-order valence-corrected chi connectivity index (χ3v) is 3.51. The predicted octanol–water partition coefficient (Wildman–Crippen LogP) is 2.62. The molecule has 1 atom stereocenters. The van der Waals surface area contributed by atoms with Crippen LogP contribution in [0.5, 0.6) is 11.5 Å². The highest BCUT2D eigenvalue weighted by molar-refractivity contribution is 5.44. The molecule has 1 aromatic carbocycles. The second-order valence-electron chi connectivity index (χ2n) is 4.81. The highest BCUT2D eigenvalue weighted by Crippen LogP contribution is 2.32. The Morgan fingerprint density at radius 2 is 2.10 bits per heavy atom. The van der Waals surface area contributed by atoms with Gasteiger partial charge in [0, 0.05) is 30.6 Å². The van der Waals surface area contributed by atoms with Crippen molar-refractivity contribution in [2.24, 2.45) is 0 Å². The lowest BCUT2D eigenvalue weighted by atomic mass is 10.0. The molecular weight excluding hydrogens is 266 g/mol. The number of aromatic nitrogens is 2. The lowest BCUT2D eigenvalue weighted by Crippen LogP contribution is -2.22. The van der Waals surface area contributed by atoms with E-state index < -0.39 is 0 Å². The van der Waals surface area contributed by atoms with E-state index in [1.165, 1.54) is 0 Å². The molecule has 114 valence electrons. The Morgan fingerprint density at radius 3 is 2.71 bits per heavy atom. The quantitative estimate of drug-likeness (QED) is 0.851. The summed E-state index contributed by atoms with van der Waals surface area (Å²) in [5, 5.41) is 3.33. The van der Waals surface area contributed by atoms with Crippen molar-refractivity contribution in [1.82, 2.24) is 14.9 Å². The van der Waals surface area contributed by atoms with Crippen molar-refractivity contribution in [3.63, 3.8) is 0 Å². The maximum atomic E-state index is 5.51. The van der Waals surface area contributed by atoms with E-state index >= 15 is 0 Å². The number of imidazole rings is 1. The first kappa shape index (κ1) is 15.4. The first-order chi connectivity index (χ1) is 10.2. The largest absolute Gasteiger partial charge is 0.497 e. The average Bonchev–Trinajstić information content (AvgIpc) is 2.97. The molecule has 0 aliphatic carbocycles. The van der Waals surface area contributed by atoms with Gasteiger partial charge in [0.1, 0.15) is 17.3 Å². The monoisotopic (exact) mass is 289 g/mol. The van der Waals surface area contributed by atoms with E-state index in [0.29, 0.717) is 0 Å². The number of aryl methyl sites for hydroxylation is 1. The van der Waals surface area contributed by atoms with Gasteiger partial charge in [-0.05, 0) is 25.6 Å². The number of hydrogen-bond acceptors (Lipinski definition) is 4. The van der Waals surface area contributed by atoms with Crippen molar-refractivity contribution in [2.45, 2.75) is 25.9 Å². The van der Waals surface area contributed by atoms with Crippen molar-refractivity contribution < 1.29 is 9.47 Å². The van der Waals surface area contributed by atoms with Crippen molar-refractivity contribution in [3.05, 3.63) is 42.0 Å². The van der Waals surface area contributed by atoms with Crippen molar-refractivity contribution >= 4 is 0 Å². The van der Waals surface area contributed by atoms with E-state index in [1.807, 2.05) is 37.6 Å². The van der Waals surface area contributed by atoms with Gasteiger partial charge in [0.2, 0.25) is 0 Å². The van der Waals surface area contributed by atoms with Gasteiger partial charge in [0.05, 0.1) is 20.3 Å². The molecule has 1 N–H and O–H groups in total. The Bertz CT molecular complexity index is 581. The molecule has 1 aromatic heterocycles. The van der Waals surface area contributed by atoms with Crippen LogP contribution in [0.15, 0.2) is 30.6 Å². The minimum Gasteiger partial charge on any atom is -0.497 e. The Labute approximate surface area is 125 Å². The van der Waals surface area contributed by atoms with Crippen LogP contribution < -0.4 is 14.8 Å². The Kier molecular flexibility index (Phi) is 5.22. The zero-order chi connectivity index (χ0) is 15.2. The van der Waals surface area contributed by atoms with Crippen LogP contribution in [0.25, 0.3) is 0 Å².